The molecule has 0 fully saturated rings. The normalized spacial score (nSPS) is 13.9. The SMILES string of the molecule is CN(C)C(=O)Cn1nc2n(c1=O)CCN(c1nccn3cncc13)C2. The quantitative estimate of drug-likeness (QED) is 0.618. The number of likely N-dealkylation sites (N-methyl/N-ethyl adjacent to an activating group) is 1. The van der Waals surface area contributed by atoms with Gasteiger partial charge in [0, 0.05) is 39.6 Å². The molecule has 0 bridgehead atoms. The highest BCUT2D eigenvalue weighted by Gasteiger charge is 2.24. The first-order chi connectivity index (χ1) is 12.0. The molecular formula is C15H18N8O2. The van der Waals surface area contributed by atoms with Crippen molar-refractivity contribution in [3.8, 4) is 0 Å². The zero-order valence-corrected chi connectivity index (χ0v) is 14.0. The summed E-state index contributed by atoms with van der Waals surface area (Å²) in [6.45, 7) is 1.54. The number of carbonyl (C=O) groups excluding carboxylic acids is 1. The molecule has 0 saturated carbocycles. The number of fused-ring (bicyclic) bond motifs is 2. The van der Waals surface area contributed by atoms with Gasteiger partial charge in [-0.3, -0.25) is 9.36 Å². The van der Waals surface area contributed by atoms with Crippen LogP contribution in [0.3, 0.4) is 0 Å². The standard InChI is InChI=1S/C15H18N8O2/c1-19(2)13(24)9-23-15(25)22-6-5-20(8-12(22)18-23)14-11-7-16-10-21(11)4-3-17-14/h3-4,7,10H,5-6,8-9H2,1-2H3. The van der Waals surface area contributed by atoms with E-state index in [4.69, 9.17) is 0 Å². The van der Waals surface area contributed by atoms with E-state index in [0.29, 0.717) is 25.5 Å². The van der Waals surface area contributed by atoms with Gasteiger partial charge in [-0.2, -0.15) is 5.10 Å². The molecule has 10 nitrogen and oxygen atoms in total. The Hall–Kier alpha value is -3.17. The van der Waals surface area contributed by atoms with Gasteiger partial charge in [-0.05, 0) is 0 Å². The average Bonchev–Trinajstić information content (AvgIpc) is 3.19. The van der Waals surface area contributed by atoms with Crippen LogP contribution in [0.4, 0.5) is 5.82 Å². The van der Waals surface area contributed by atoms with Gasteiger partial charge >= 0.3 is 5.69 Å². The second kappa shape index (κ2) is 5.72. The fraction of sp³-hybridized carbons (Fsp3) is 0.400. The van der Waals surface area contributed by atoms with Gasteiger partial charge in [0.1, 0.15) is 12.1 Å². The van der Waals surface area contributed by atoms with Crippen LogP contribution < -0.4 is 10.6 Å². The molecule has 3 aromatic rings. The third-order valence-electron chi connectivity index (χ3n) is 4.33. The predicted octanol–water partition coefficient (Wildman–Crippen LogP) is -0.804. The number of aromatic nitrogens is 6. The predicted molar refractivity (Wildman–Crippen MR) is 89.2 cm³/mol. The first-order valence-electron chi connectivity index (χ1n) is 7.93. The fourth-order valence-electron chi connectivity index (χ4n) is 2.93. The van der Waals surface area contributed by atoms with Gasteiger partial charge in [0.25, 0.3) is 0 Å². The molecule has 25 heavy (non-hydrogen) atoms. The van der Waals surface area contributed by atoms with E-state index in [1.807, 2.05) is 10.6 Å². The molecule has 3 aromatic heterocycles. The van der Waals surface area contributed by atoms with E-state index in [1.54, 1.807) is 37.4 Å². The monoisotopic (exact) mass is 342 g/mol. The third kappa shape index (κ3) is 2.55. The lowest BCUT2D eigenvalue weighted by Crippen LogP contribution is -2.39. The molecule has 1 amide bonds. The largest absolute Gasteiger partial charge is 0.347 e. The lowest BCUT2D eigenvalue weighted by atomic mass is 10.3. The Labute approximate surface area is 142 Å². The van der Waals surface area contributed by atoms with E-state index in [1.165, 1.54) is 9.58 Å². The summed E-state index contributed by atoms with van der Waals surface area (Å²) < 4.78 is 4.75. The van der Waals surface area contributed by atoms with Crippen molar-refractivity contribution >= 4 is 17.2 Å². The molecule has 1 aliphatic rings. The zero-order chi connectivity index (χ0) is 17.6. The summed E-state index contributed by atoms with van der Waals surface area (Å²) >= 11 is 0. The summed E-state index contributed by atoms with van der Waals surface area (Å²) in [6.07, 6.45) is 7.05. The Morgan fingerprint density at radius 2 is 2.16 bits per heavy atom. The maximum atomic E-state index is 12.4. The number of anilines is 1. The molecule has 0 saturated heterocycles. The van der Waals surface area contributed by atoms with Crippen LogP contribution in [0.1, 0.15) is 5.82 Å². The maximum absolute atomic E-state index is 12.4. The summed E-state index contributed by atoms with van der Waals surface area (Å²) in [7, 11) is 3.31. The lowest BCUT2D eigenvalue weighted by Gasteiger charge is -2.27. The Morgan fingerprint density at radius 1 is 1.32 bits per heavy atom. The highest BCUT2D eigenvalue weighted by Crippen LogP contribution is 2.21. The minimum atomic E-state index is -0.250. The first-order valence-corrected chi connectivity index (χ1v) is 7.93. The molecule has 0 unspecified atom stereocenters. The van der Waals surface area contributed by atoms with Crippen molar-refractivity contribution in [3.05, 3.63) is 41.2 Å². The van der Waals surface area contributed by atoms with Crippen molar-refractivity contribution in [1.82, 2.24) is 33.6 Å². The minimum Gasteiger partial charge on any atom is -0.347 e. The number of imidazole rings is 1. The molecule has 130 valence electrons. The highest BCUT2D eigenvalue weighted by molar-refractivity contribution is 5.75. The topological polar surface area (TPSA) is 93.6 Å². The van der Waals surface area contributed by atoms with Crippen LogP contribution in [0.15, 0.2) is 29.7 Å². The molecule has 0 radical (unpaired) electrons. The number of hydrogen-bond donors (Lipinski definition) is 0. The van der Waals surface area contributed by atoms with Gasteiger partial charge in [-0.25, -0.2) is 19.4 Å². The maximum Gasteiger partial charge on any atom is 0.346 e. The van der Waals surface area contributed by atoms with Crippen LogP contribution in [-0.4, -0.2) is 60.2 Å². The van der Waals surface area contributed by atoms with Crippen molar-refractivity contribution in [2.24, 2.45) is 0 Å². The Morgan fingerprint density at radius 3 is 2.96 bits per heavy atom. The second-order valence-corrected chi connectivity index (χ2v) is 6.15. The van der Waals surface area contributed by atoms with E-state index >= 15 is 0 Å². The molecule has 1 aliphatic heterocycles. The molecule has 0 N–H and O–H groups in total. The summed E-state index contributed by atoms with van der Waals surface area (Å²) in [4.78, 5) is 36.4. The molecule has 0 spiro atoms. The van der Waals surface area contributed by atoms with Crippen LogP contribution in [0.2, 0.25) is 0 Å². The van der Waals surface area contributed by atoms with Crippen molar-refractivity contribution < 1.29 is 4.79 Å². The summed E-state index contributed by atoms with van der Waals surface area (Å²) in [5.74, 6) is 1.27. The van der Waals surface area contributed by atoms with E-state index in [9.17, 15) is 9.59 Å². The number of amides is 1. The van der Waals surface area contributed by atoms with Crippen molar-refractivity contribution in [1.29, 1.82) is 0 Å². The van der Waals surface area contributed by atoms with Gasteiger partial charge in [0.05, 0.1) is 19.1 Å². The fourth-order valence-corrected chi connectivity index (χ4v) is 2.93. The van der Waals surface area contributed by atoms with Gasteiger partial charge in [0.15, 0.2) is 11.6 Å². The van der Waals surface area contributed by atoms with Crippen LogP contribution in [0.5, 0.6) is 0 Å². The van der Waals surface area contributed by atoms with Gasteiger partial charge in [-0.1, -0.05) is 0 Å². The van der Waals surface area contributed by atoms with E-state index in [2.05, 4.69) is 20.0 Å². The van der Waals surface area contributed by atoms with Gasteiger partial charge in [-0.15, -0.1) is 0 Å². The third-order valence-corrected chi connectivity index (χ3v) is 4.33. The zero-order valence-electron chi connectivity index (χ0n) is 14.0. The average molecular weight is 342 g/mol. The molecule has 0 atom stereocenters. The van der Waals surface area contributed by atoms with Crippen LogP contribution in [-0.2, 0) is 24.4 Å². The van der Waals surface area contributed by atoms with Crippen molar-refractivity contribution in [2.75, 3.05) is 25.5 Å². The summed E-state index contributed by atoms with van der Waals surface area (Å²) in [5, 5.41) is 4.34. The molecule has 0 aromatic carbocycles. The van der Waals surface area contributed by atoms with Crippen molar-refractivity contribution in [2.45, 2.75) is 19.6 Å². The Kier molecular flexibility index (Phi) is 3.52. The Bertz CT molecular complexity index is 999. The molecule has 10 heteroatoms. The first kappa shape index (κ1) is 15.4. The van der Waals surface area contributed by atoms with Crippen LogP contribution in [0.25, 0.3) is 5.52 Å². The molecule has 0 aliphatic carbocycles. The molecular weight excluding hydrogens is 324 g/mol. The van der Waals surface area contributed by atoms with E-state index in [-0.39, 0.29) is 18.1 Å². The van der Waals surface area contributed by atoms with Gasteiger partial charge < -0.3 is 14.2 Å². The molecule has 4 heterocycles. The summed E-state index contributed by atoms with van der Waals surface area (Å²) in [6, 6.07) is 0. The number of rotatable bonds is 3. The Balaban J connectivity index is 1.64. The minimum absolute atomic E-state index is 0.0533. The van der Waals surface area contributed by atoms with E-state index < -0.39 is 0 Å². The van der Waals surface area contributed by atoms with E-state index in [0.717, 1.165) is 11.3 Å². The van der Waals surface area contributed by atoms with Crippen LogP contribution >= 0.6 is 0 Å². The highest BCUT2D eigenvalue weighted by atomic mass is 16.2. The van der Waals surface area contributed by atoms with Crippen molar-refractivity contribution in [3.63, 3.8) is 0 Å². The number of nitrogens with zero attached hydrogens (tertiary/aromatic N) is 8. The summed E-state index contributed by atoms with van der Waals surface area (Å²) in [5.41, 5.74) is 0.654. The number of carbonyl (C=O) groups is 1. The second-order valence-electron chi connectivity index (χ2n) is 6.15. The van der Waals surface area contributed by atoms with Gasteiger partial charge in [0.2, 0.25) is 5.91 Å². The number of hydrogen-bond acceptors (Lipinski definition) is 6. The van der Waals surface area contributed by atoms with Crippen LogP contribution in [0, 0.1) is 0 Å². The molecule has 4 rings (SSSR count). The smallest absolute Gasteiger partial charge is 0.346 e. The lowest BCUT2D eigenvalue weighted by molar-refractivity contribution is -0.129.